The molecule has 0 radical (unpaired) electrons. The molecule has 0 spiro atoms. The number of nitrogens with one attached hydrogen (secondary N) is 3. The average Bonchev–Trinajstić information content (AvgIpc) is 3.46. The van der Waals surface area contributed by atoms with Crippen LogP contribution in [0.15, 0.2) is 59.5 Å². The molecule has 1 heterocycles. The van der Waals surface area contributed by atoms with E-state index in [1.165, 1.54) is 0 Å². The van der Waals surface area contributed by atoms with Crippen molar-refractivity contribution in [2.45, 2.75) is 67.7 Å². The highest BCUT2D eigenvalue weighted by atomic mass is 35.5. The second-order valence-corrected chi connectivity index (χ2v) is 11.7. The lowest BCUT2D eigenvalue weighted by atomic mass is 9.85. The number of sulfonamides is 1. The summed E-state index contributed by atoms with van der Waals surface area (Å²) in [7, 11) is -4.01. The number of amides is 1. The Bertz CT molecular complexity index is 1230. The van der Waals surface area contributed by atoms with E-state index in [4.69, 9.17) is 4.74 Å². The van der Waals surface area contributed by atoms with Gasteiger partial charge in [-0.2, -0.15) is 13.2 Å². The lowest BCUT2D eigenvalue weighted by Gasteiger charge is -2.30. The highest BCUT2D eigenvalue weighted by Gasteiger charge is 2.33. The molecule has 13 heteroatoms. The van der Waals surface area contributed by atoms with Gasteiger partial charge in [0.25, 0.3) is 0 Å². The maximum absolute atomic E-state index is 13.1. The Labute approximate surface area is 237 Å². The van der Waals surface area contributed by atoms with Crippen molar-refractivity contribution in [2.75, 3.05) is 13.2 Å². The minimum atomic E-state index is -4.55. The SMILES string of the molecule is Cl.O=C(N[C@H](COC(=O)[C@@H]1CCCN1)c1ccccc1)C1CCC(NS(=O)(=O)c2ccc(C(F)(F)F)cc2)CC1. The molecular formula is C27H33ClF3N3O5S. The van der Waals surface area contributed by atoms with Crippen molar-refractivity contribution >= 4 is 34.3 Å². The van der Waals surface area contributed by atoms with Gasteiger partial charge in [-0.05, 0) is 74.9 Å². The van der Waals surface area contributed by atoms with E-state index in [1.807, 2.05) is 30.3 Å². The number of alkyl halides is 3. The van der Waals surface area contributed by atoms with E-state index in [9.17, 15) is 31.2 Å². The minimum Gasteiger partial charge on any atom is -0.462 e. The van der Waals surface area contributed by atoms with Gasteiger partial charge in [0, 0.05) is 12.0 Å². The van der Waals surface area contributed by atoms with Crippen LogP contribution in [0.4, 0.5) is 13.2 Å². The fourth-order valence-electron chi connectivity index (χ4n) is 4.93. The fraction of sp³-hybridized carbons (Fsp3) is 0.481. The van der Waals surface area contributed by atoms with Crippen LogP contribution >= 0.6 is 12.4 Å². The van der Waals surface area contributed by atoms with Crippen LogP contribution in [-0.2, 0) is 30.5 Å². The van der Waals surface area contributed by atoms with Crippen LogP contribution in [-0.4, -0.2) is 45.5 Å². The molecule has 1 saturated heterocycles. The average molecular weight is 604 g/mol. The van der Waals surface area contributed by atoms with Crippen LogP contribution in [0.5, 0.6) is 0 Å². The number of hydrogen-bond donors (Lipinski definition) is 3. The molecule has 0 aromatic heterocycles. The van der Waals surface area contributed by atoms with Gasteiger partial charge in [0.2, 0.25) is 15.9 Å². The van der Waals surface area contributed by atoms with E-state index in [-0.39, 0.29) is 47.7 Å². The predicted molar refractivity (Wildman–Crippen MR) is 144 cm³/mol. The summed E-state index contributed by atoms with van der Waals surface area (Å²) in [5.41, 5.74) is -0.122. The molecule has 220 valence electrons. The van der Waals surface area contributed by atoms with E-state index in [0.717, 1.165) is 42.8 Å². The molecule has 1 aliphatic carbocycles. The first kappa shape index (κ1) is 31.9. The molecule has 1 aliphatic heterocycles. The van der Waals surface area contributed by atoms with Crippen molar-refractivity contribution in [3.05, 3.63) is 65.7 Å². The van der Waals surface area contributed by atoms with E-state index in [0.29, 0.717) is 32.1 Å². The van der Waals surface area contributed by atoms with Crippen molar-refractivity contribution < 1.29 is 35.9 Å². The minimum absolute atomic E-state index is 0. The van der Waals surface area contributed by atoms with Gasteiger partial charge < -0.3 is 15.4 Å². The van der Waals surface area contributed by atoms with E-state index in [1.54, 1.807) is 0 Å². The number of carbonyl (C=O) groups is 2. The fourth-order valence-corrected chi connectivity index (χ4v) is 6.24. The van der Waals surface area contributed by atoms with Gasteiger partial charge in [0.15, 0.2) is 0 Å². The Balaban J connectivity index is 0.00000441. The predicted octanol–water partition coefficient (Wildman–Crippen LogP) is 4.12. The quantitative estimate of drug-likeness (QED) is 0.372. The number of esters is 1. The zero-order valence-corrected chi connectivity index (χ0v) is 23.3. The Morgan fingerprint density at radius 1 is 0.975 bits per heavy atom. The number of rotatable bonds is 9. The maximum Gasteiger partial charge on any atom is 0.416 e. The monoisotopic (exact) mass is 603 g/mol. The summed E-state index contributed by atoms with van der Waals surface area (Å²) in [6.07, 6.45) is -1.27. The summed E-state index contributed by atoms with van der Waals surface area (Å²) in [5, 5.41) is 6.08. The summed E-state index contributed by atoms with van der Waals surface area (Å²) in [6, 6.07) is 11.3. The highest BCUT2D eigenvalue weighted by Crippen LogP contribution is 2.30. The van der Waals surface area contributed by atoms with Crippen molar-refractivity contribution in [3.8, 4) is 0 Å². The molecule has 2 aliphatic rings. The van der Waals surface area contributed by atoms with Crippen LogP contribution in [0.25, 0.3) is 0 Å². The summed E-state index contributed by atoms with van der Waals surface area (Å²) in [5.74, 6) is -0.901. The first-order chi connectivity index (χ1) is 18.5. The van der Waals surface area contributed by atoms with Gasteiger partial charge in [-0.15, -0.1) is 12.4 Å². The van der Waals surface area contributed by atoms with Crippen molar-refractivity contribution in [3.63, 3.8) is 0 Å². The Morgan fingerprint density at radius 3 is 2.20 bits per heavy atom. The second kappa shape index (κ2) is 13.8. The summed E-state index contributed by atoms with van der Waals surface area (Å²) in [6.45, 7) is 0.761. The molecule has 0 unspecified atom stereocenters. The molecule has 8 nitrogen and oxygen atoms in total. The molecule has 2 atom stereocenters. The van der Waals surface area contributed by atoms with Crippen LogP contribution in [0, 0.1) is 5.92 Å². The van der Waals surface area contributed by atoms with E-state index >= 15 is 0 Å². The lowest BCUT2D eigenvalue weighted by molar-refractivity contribution is -0.147. The van der Waals surface area contributed by atoms with Gasteiger partial charge in [-0.3, -0.25) is 9.59 Å². The number of benzene rings is 2. The third kappa shape index (κ3) is 8.42. The van der Waals surface area contributed by atoms with Gasteiger partial charge in [-0.25, -0.2) is 13.1 Å². The first-order valence-corrected chi connectivity index (χ1v) is 14.5. The summed E-state index contributed by atoms with van der Waals surface area (Å²) >= 11 is 0. The largest absolute Gasteiger partial charge is 0.462 e. The van der Waals surface area contributed by atoms with Crippen molar-refractivity contribution in [1.82, 2.24) is 15.4 Å². The molecule has 3 N–H and O–H groups in total. The number of carbonyl (C=O) groups excluding carboxylic acids is 2. The lowest BCUT2D eigenvalue weighted by Crippen LogP contribution is -2.42. The Kier molecular flexibility index (Phi) is 11.0. The van der Waals surface area contributed by atoms with Crippen molar-refractivity contribution in [1.29, 1.82) is 0 Å². The summed E-state index contributed by atoms with van der Waals surface area (Å²) in [4.78, 5) is 25.2. The van der Waals surface area contributed by atoms with Gasteiger partial charge >= 0.3 is 12.1 Å². The first-order valence-electron chi connectivity index (χ1n) is 13.0. The molecule has 2 fully saturated rings. The van der Waals surface area contributed by atoms with Crippen LogP contribution < -0.4 is 15.4 Å². The molecule has 0 bridgehead atoms. The maximum atomic E-state index is 13.1. The standard InChI is InChI=1S/C27H32F3N3O5S.ClH/c28-27(29,30)20-10-14-22(15-11-20)39(36,37)33-21-12-8-19(9-13-21)25(34)32-24(18-5-2-1-3-6-18)17-38-26(35)23-7-4-16-31-23;/h1-3,5-6,10-11,14-15,19,21,23-24,31,33H,4,7-9,12-13,16-17H2,(H,32,34);1H/t19?,21?,23-,24+;/m0./s1. The van der Waals surface area contributed by atoms with Crippen molar-refractivity contribution in [2.24, 2.45) is 5.92 Å². The number of ether oxygens (including phenoxy) is 1. The Hall–Kier alpha value is -2.67. The highest BCUT2D eigenvalue weighted by molar-refractivity contribution is 7.89. The molecule has 1 saturated carbocycles. The zero-order valence-electron chi connectivity index (χ0n) is 21.7. The van der Waals surface area contributed by atoms with Gasteiger partial charge in [0.1, 0.15) is 12.6 Å². The normalized spacial score (nSPS) is 22.1. The third-order valence-electron chi connectivity index (χ3n) is 7.17. The van der Waals surface area contributed by atoms with Gasteiger partial charge in [-0.1, -0.05) is 30.3 Å². The number of hydrogen-bond acceptors (Lipinski definition) is 6. The molecule has 4 rings (SSSR count). The topological polar surface area (TPSA) is 114 Å². The molecule has 40 heavy (non-hydrogen) atoms. The van der Waals surface area contributed by atoms with Crippen LogP contribution in [0.2, 0.25) is 0 Å². The Morgan fingerprint density at radius 2 is 1.62 bits per heavy atom. The van der Waals surface area contributed by atoms with Crippen LogP contribution in [0.1, 0.15) is 55.7 Å². The third-order valence-corrected chi connectivity index (χ3v) is 8.70. The molecule has 2 aromatic rings. The van der Waals surface area contributed by atoms with Gasteiger partial charge in [0.05, 0.1) is 16.5 Å². The molecule has 2 aromatic carbocycles. The molecular weight excluding hydrogens is 571 g/mol. The van der Waals surface area contributed by atoms with E-state index < -0.39 is 33.8 Å². The van der Waals surface area contributed by atoms with Crippen LogP contribution in [0.3, 0.4) is 0 Å². The second-order valence-electron chi connectivity index (χ2n) is 9.94. The molecule has 1 amide bonds. The smallest absolute Gasteiger partial charge is 0.416 e. The number of halogens is 4. The zero-order chi connectivity index (χ0) is 28.0. The summed E-state index contributed by atoms with van der Waals surface area (Å²) < 4.78 is 71.8. The van der Waals surface area contributed by atoms with E-state index in [2.05, 4.69) is 15.4 Å².